The van der Waals surface area contributed by atoms with Crippen LogP contribution < -0.4 is 5.32 Å². The second-order valence-electron chi connectivity index (χ2n) is 9.09. The van der Waals surface area contributed by atoms with Gasteiger partial charge in [0.15, 0.2) is 0 Å². The van der Waals surface area contributed by atoms with Crippen molar-refractivity contribution in [3.63, 3.8) is 0 Å². The van der Waals surface area contributed by atoms with Gasteiger partial charge in [-0.15, -0.1) is 11.8 Å². The molecule has 0 spiro atoms. The van der Waals surface area contributed by atoms with E-state index >= 15 is 0 Å². The number of hydrogen-bond acceptors (Lipinski definition) is 7. The lowest BCUT2D eigenvalue weighted by Gasteiger charge is -2.40. The van der Waals surface area contributed by atoms with Gasteiger partial charge in [0.2, 0.25) is 5.91 Å². The molecule has 34 heavy (non-hydrogen) atoms. The molecule has 10 heteroatoms. The Kier molecular flexibility index (Phi) is 9.57. The van der Waals surface area contributed by atoms with Gasteiger partial charge in [0, 0.05) is 51.9 Å². The highest BCUT2D eigenvalue weighted by Gasteiger charge is 2.49. The third-order valence-electron chi connectivity index (χ3n) is 6.88. The number of carbonyl (C=O) groups is 4. The minimum atomic E-state index is -0.973. The summed E-state index contributed by atoms with van der Waals surface area (Å²) in [5.74, 6) is 6.46. The molecule has 3 aliphatic rings. The number of carbonyl (C=O) groups excluding carboxylic acids is 3. The zero-order chi connectivity index (χ0) is 24.5. The molecule has 3 rings (SSSR count). The molecule has 0 aromatic carbocycles. The summed E-state index contributed by atoms with van der Waals surface area (Å²) in [6, 6.07) is -0.386. The van der Waals surface area contributed by atoms with Crippen LogP contribution in [-0.4, -0.2) is 90.8 Å². The van der Waals surface area contributed by atoms with E-state index in [1.165, 1.54) is 0 Å². The zero-order valence-corrected chi connectivity index (χ0v) is 19.8. The van der Waals surface area contributed by atoms with Crippen molar-refractivity contribution in [2.45, 2.75) is 51.5 Å². The topological polar surface area (TPSA) is 125 Å². The number of fused-ring (bicyclic) bond motifs is 1. The summed E-state index contributed by atoms with van der Waals surface area (Å²) in [5.41, 5.74) is 0. The van der Waals surface area contributed by atoms with Gasteiger partial charge in [0.25, 0.3) is 0 Å². The van der Waals surface area contributed by atoms with E-state index in [4.69, 9.17) is 14.6 Å². The molecule has 1 saturated heterocycles. The largest absolute Gasteiger partial charge is 0.480 e. The Labute approximate surface area is 200 Å². The van der Waals surface area contributed by atoms with Crippen molar-refractivity contribution in [1.82, 2.24) is 15.1 Å². The zero-order valence-electron chi connectivity index (χ0n) is 19.8. The highest BCUT2D eigenvalue weighted by atomic mass is 16.5. The van der Waals surface area contributed by atoms with E-state index < -0.39 is 12.1 Å². The maximum atomic E-state index is 12.6. The molecule has 10 nitrogen and oxygen atoms in total. The van der Waals surface area contributed by atoms with Crippen molar-refractivity contribution in [3.8, 4) is 11.8 Å². The number of rotatable bonds is 10. The number of ether oxygens (including phenoxy) is 2. The van der Waals surface area contributed by atoms with Crippen molar-refractivity contribution >= 4 is 23.9 Å². The van der Waals surface area contributed by atoms with Gasteiger partial charge in [-0.05, 0) is 30.6 Å². The van der Waals surface area contributed by atoms with Crippen LogP contribution in [0.3, 0.4) is 0 Å². The van der Waals surface area contributed by atoms with Crippen molar-refractivity contribution < 1.29 is 33.8 Å². The Balaban J connectivity index is 1.36. The van der Waals surface area contributed by atoms with Gasteiger partial charge in [0.1, 0.15) is 6.61 Å². The minimum absolute atomic E-state index is 0.0313. The molecule has 4 atom stereocenters. The molecule has 0 aromatic rings. The first-order chi connectivity index (χ1) is 16.4. The molecule has 2 fully saturated rings. The highest BCUT2D eigenvalue weighted by Crippen LogP contribution is 2.52. The van der Waals surface area contributed by atoms with Crippen LogP contribution in [0.4, 0.5) is 4.79 Å². The predicted molar refractivity (Wildman–Crippen MR) is 122 cm³/mol. The monoisotopic (exact) mass is 477 g/mol. The van der Waals surface area contributed by atoms with Crippen molar-refractivity contribution in [2.75, 3.05) is 45.9 Å². The van der Waals surface area contributed by atoms with Crippen LogP contribution in [-0.2, 0) is 23.9 Å². The molecule has 0 radical (unpaired) electrons. The SMILES string of the molecule is CCC(=O)OCC1CN(C(=O)CCNC(=O)OC[C@H]2[C@@H]3CCC#CCC[C@@H]32)CCN1CC(=O)O. The maximum Gasteiger partial charge on any atom is 0.407 e. The first kappa shape index (κ1) is 25.8. The second kappa shape index (κ2) is 12.6. The molecule has 0 aromatic heterocycles. The lowest BCUT2D eigenvalue weighted by Crippen LogP contribution is -2.57. The first-order valence-corrected chi connectivity index (χ1v) is 12.1. The number of carboxylic acid groups (broad SMARTS) is 1. The molecule has 1 unspecified atom stereocenters. The smallest absolute Gasteiger partial charge is 0.407 e. The quantitative estimate of drug-likeness (QED) is 0.354. The summed E-state index contributed by atoms with van der Waals surface area (Å²) >= 11 is 0. The minimum Gasteiger partial charge on any atom is -0.480 e. The average molecular weight is 478 g/mol. The molecule has 1 heterocycles. The van der Waals surface area contributed by atoms with E-state index in [2.05, 4.69) is 17.2 Å². The Hall–Kier alpha value is -2.80. The van der Waals surface area contributed by atoms with E-state index in [9.17, 15) is 19.2 Å². The van der Waals surface area contributed by atoms with Gasteiger partial charge >= 0.3 is 18.0 Å². The molecular weight excluding hydrogens is 442 g/mol. The molecular formula is C24H35N3O7. The fourth-order valence-electron chi connectivity index (χ4n) is 4.89. The highest BCUT2D eigenvalue weighted by molar-refractivity contribution is 5.77. The number of esters is 1. The summed E-state index contributed by atoms with van der Waals surface area (Å²) in [6.07, 6.45) is 3.80. The van der Waals surface area contributed by atoms with Crippen molar-refractivity contribution in [3.05, 3.63) is 0 Å². The number of nitrogens with zero attached hydrogens (tertiary/aromatic N) is 2. The molecule has 2 aliphatic carbocycles. The fourth-order valence-corrected chi connectivity index (χ4v) is 4.89. The first-order valence-electron chi connectivity index (χ1n) is 12.1. The van der Waals surface area contributed by atoms with Gasteiger partial charge in [-0.25, -0.2) is 4.79 Å². The van der Waals surface area contributed by atoms with E-state index in [0.717, 1.165) is 25.7 Å². The van der Waals surface area contributed by atoms with Crippen LogP contribution in [0.1, 0.15) is 45.4 Å². The lowest BCUT2D eigenvalue weighted by atomic mass is 10.1. The van der Waals surface area contributed by atoms with Crippen LogP contribution in [0.15, 0.2) is 0 Å². The Morgan fingerprint density at radius 1 is 1.03 bits per heavy atom. The number of hydrogen-bond donors (Lipinski definition) is 2. The Morgan fingerprint density at radius 3 is 2.38 bits per heavy atom. The van der Waals surface area contributed by atoms with E-state index in [0.29, 0.717) is 37.5 Å². The fraction of sp³-hybridized carbons (Fsp3) is 0.750. The molecule has 188 valence electrons. The maximum absolute atomic E-state index is 12.6. The number of piperazine rings is 1. The molecule has 0 bridgehead atoms. The molecule has 2 N–H and O–H groups in total. The van der Waals surface area contributed by atoms with Gasteiger partial charge in [-0.3, -0.25) is 19.3 Å². The van der Waals surface area contributed by atoms with Gasteiger partial charge in [-0.2, -0.15) is 0 Å². The van der Waals surface area contributed by atoms with E-state index in [1.807, 2.05) is 0 Å². The second-order valence-corrected chi connectivity index (χ2v) is 9.09. The third-order valence-corrected chi connectivity index (χ3v) is 6.88. The summed E-state index contributed by atoms with van der Waals surface area (Å²) in [5, 5.41) is 11.8. The van der Waals surface area contributed by atoms with E-state index in [-0.39, 0.29) is 57.0 Å². The van der Waals surface area contributed by atoms with Crippen LogP contribution in [0, 0.1) is 29.6 Å². The van der Waals surface area contributed by atoms with Crippen LogP contribution in [0.25, 0.3) is 0 Å². The predicted octanol–water partition coefficient (Wildman–Crippen LogP) is 1.09. The molecule has 2 amide bonds. The Bertz CT molecular complexity index is 803. The molecule has 1 aliphatic heterocycles. The number of carboxylic acids is 1. The van der Waals surface area contributed by atoms with Crippen molar-refractivity contribution in [1.29, 1.82) is 0 Å². The van der Waals surface area contributed by atoms with Gasteiger partial charge < -0.3 is 24.8 Å². The molecule has 1 saturated carbocycles. The van der Waals surface area contributed by atoms with Gasteiger partial charge in [-0.1, -0.05) is 6.92 Å². The number of alkyl carbamates (subject to hydrolysis) is 1. The summed E-state index contributed by atoms with van der Waals surface area (Å²) in [7, 11) is 0. The summed E-state index contributed by atoms with van der Waals surface area (Å²) < 4.78 is 10.6. The van der Waals surface area contributed by atoms with Crippen LogP contribution in [0.2, 0.25) is 0 Å². The van der Waals surface area contributed by atoms with E-state index in [1.54, 1.807) is 16.7 Å². The summed E-state index contributed by atoms with van der Waals surface area (Å²) in [6.45, 7) is 3.11. The van der Waals surface area contributed by atoms with Crippen molar-refractivity contribution in [2.24, 2.45) is 17.8 Å². The number of aliphatic carboxylic acids is 1. The number of nitrogens with one attached hydrogen (secondary N) is 1. The standard InChI is InChI=1S/C24H35N3O7/c1-2-23(31)33-15-17-13-27(12-11-26(17)14-22(29)30)21(28)9-10-25-24(32)34-16-20-18-7-5-3-4-6-8-19(18)20/h17-20H,2,5-16H2,1H3,(H,25,32)(H,29,30)/t17?,18-,19+,20+. The normalized spacial score (nSPS) is 26.1. The van der Waals surface area contributed by atoms with Gasteiger partial charge in [0.05, 0.1) is 19.2 Å². The number of amides is 2. The van der Waals surface area contributed by atoms with Crippen LogP contribution in [0.5, 0.6) is 0 Å². The summed E-state index contributed by atoms with van der Waals surface area (Å²) in [4.78, 5) is 50.7. The third kappa shape index (κ3) is 7.62. The Morgan fingerprint density at radius 2 is 1.74 bits per heavy atom. The average Bonchev–Trinajstić information content (AvgIpc) is 3.45. The lowest BCUT2D eigenvalue weighted by molar-refractivity contribution is -0.148. The van der Waals surface area contributed by atoms with Crippen LogP contribution >= 0.6 is 0 Å².